The van der Waals surface area contributed by atoms with Gasteiger partial charge in [0.25, 0.3) is 0 Å². The van der Waals surface area contributed by atoms with E-state index in [2.05, 4.69) is 11.4 Å². The Morgan fingerprint density at radius 3 is 2.82 bits per heavy atom. The highest BCUT2D eigenvalue weighted by molar-refractivity contribution is 5.43. The van der Waals surface area contributed by atoms with Gasteiger partial charge in [0.15, 0.2) is 11.5 Å². The van der Waals surface area contributed by atoms with Crippen molar-refractivity contribution in [2.45, 2.75) is 25.9 Å². The van der Waals surface area contributed by atoms with Crippen molar-refractivity contribution in [1.82, 2.24) is 5.32 Å². The third kappa shape index (κ3) is 3.61. The van der Waals surface area contributed by atoms with Crippen LogP contribution in [0.25, 0.3) is 0 Å². The third-order valence-electron chi connectivity index (χ3n) is 2.71. The molecule has 1 unspecified atom stereocenters. The second kappa shape index (κ2) is 5.89. The standard InChI is InChI=1S/C13H20N2O2/c1-10(14)4-5-15-9-11-2-3-12-13(8-11)17-7-6-16-12/h2-3,8,10,15H,4-7,9,14H2,1H3. The smallest absolute Gasteiger partial charge is 0.161 e. The van der Waals surface area contributed by atoms with Crippen molar-refractivity contribution < 1.29 is 9.47 Å². The summed E-state index contributed by atoms with van der Waals surface area (Å²) < 4.78 is 11.0. The molecule has 1 aliphatic rings. The summed E-state index contributed by atoms with van der Waals surface area (Å²) in [6.07, 6.45) is 0.991. The quantitative estimate of drug-likeness (QED) is 0.756. The minimum absolute atomic E-state index is 0.253. The van der Waals surface area contributed by atoms with Gasteiger partial charge in [-0.2, -0.15) is 0 Å². The molecule has 1 aromatic carbocycles. The molecule has 2 rings (SSSR count). The minimum atomic E-state index is 0.253. The Kier molecular flexibility index (Phi) is 4.23. The van der Waals surface area contributed by atoms with Crippen LogP contribution in [0.2, 0.25) is 0 Å². The van der Waals surface area contributed by atoms with Crippen molar-refractivity contribution in [1.29, 1.82) is 0 Å². The molecule has 0 aliphatic carbocycles. The van der Waals surface area contributed by atoms with E-state index in [1.54, 1.807) is 0 Å². The van der Waals surface area contributed by atoms with Gasteiger partial charge in [-0.1, -0.05) is 6.07 Å². The van der Waals surface area contributed by atoms with Gasteiger partial charge in [-0.15, -0.1) is 0 Å². The number of benzene rings is 1. The first-order valence-electron chi connectivity index (χ1n) is 6.10. The molecule has 1 atom stereocenters. The molecule has 0 fully saturated rings. The third-order valence-corrected chi connectivity index (χ3v) is 2.71. The van der Waals surface area contributed by atoms with Gasteiger partial charge >= 0.3 is 0 Å². The fraction of sp³-hybridized carbons (Fsp3) is 0.538. The lowest BCUT2D eigenvalue weighted by atomic mass is 10.2. The molecule has 1 aromatic rings. The molecule has 4 heteroatoms. The summed E-state index contributed by atoms with van der Waals surface area (Å²) in [7, 11) is 0. The van der Waals surface area contributed by atoms with Crippen LogP contribution in [-0.4, -0.2) is 25.8 Å². The summed E-state index contributed by atoms with van der Waals surface area (Å²) in [5.74, 6) is 1.69. The Hall–Kier alpha value is -1.26. The van der Waals surface area contributed by atoms with Gasteiger partial charge in [0.05, 0.1) is 0 Å². The number of nitrogens with two attached hydrogens (primary N) is 1. The number of fused-ring (bicyclic) bond motifs is 1. The fourth-order valence-electron chi connectivity index (χ4n) is 1.76. The molecule has 0 bridgehead atoms. The molecular weight excluding hydrogens is 216 g/mol. The number of ether oxygens (including phenoxy) is 2. The zero-order valence-corrected chi connectivity index (χ0v) is 10.2. The van der Waals surface area contributed by atoms with E-state index in [0.717, 1.165) is 31.0 Å². The fourth-order valence-corrected chi connectivity index (χ4v) is 1.76. The molecule has 1 aliphatic heterocycles. The van der Waals surface area contributed by atoms with E-state index >= 15 is 0 Å². The molecule has 0 saturated heterocycles. The van der Waals surface area contributed by atoms with Gasteiger partial charge in [0.1, 0.15) is 13.2 Å². The average molecular weight is 236 g/mol. The van der Waals surface area contributed by atoms with E-state index in [1.807, 2.05) is 19.1 Å². The number of hydrogen-bond donors (Lipinski definition) is 2. The SMILES string of the molecule is CC(N)CCNCc1ccc2c(c1)OCCO2. The van der Waals surface area contributed by atoms with Crippen molar-refractivity contribution in [2.75, 3.05) is 19.8 Å². The number of rotatable bonds is 5. The first-order chi connectivity index (χ1) is 8.25. The molecule has 0 amide bonds. The first-order valence-corrected chi connectivity index (χ1v) is 6.10. The Morgan fingerprint density at radius 2 is 2.06 bits per heavy atom. The van der Waals surface area contributed by atoms with Crippen molar-refractivity contribution >= 4 is 0 Å². The maximum atomic E-state index is 5.69. The highest BCUT2D eigenvalue weighted by Gasteiger charge is 2.11. The zero-order chi connectivity index (χ0) is 12.1. The van der Waals surface area contributed by atoms with Crippen LogP contribution in [0.15, 0.2) is 18.2 Å². The largest absolute Gasteiger partial charge is 0.486 e. The van der Waals surface area contributed by atoms with Crippen molar-refractivity contribution in [3.8, 4) is 11.5 Å². The molecule has 1 heterocycles. The van der Waals surface area contributed by atoms with Crippen molar-refractivity contribution in [2.24, 2.45) is 5.73 Å². The van der Waals surface area contributed by atoms with Gasteiger partial charge in [-0.05, 0) is 37.6 Å². The minimum Gasteiger partial charge on any atom is -0.486 e. The summed E-state index contributed by atoms with van der Waals surface area (Å²) in [5.41, 5.74) is 6.89. The molecule has 0 spiro atoms. The summed E-state index contributed by atoms with van der Waals surface area (Å²) >= 11 is 0. The van der Waals surface area contributed by atoms with Crippen LogP contribution in [0.3, 0.4) is 0 Å². The zero-order valence-electron chi connectivity index (χ0n) is 10.2. The predicted octanol–water partition coefficient (Wildman–Crippen LogP) is 1.28. The van der Waals surface area contributed by atoms with Gasteiger partial charge in [-0.25, -0.2) is 0 Å². The predicted molar refractivity (Wildman–Crippen MR) is 67.4 cm³/mol. The normalized spacial score (nSPS) is 15.6. The Balaban J connectivity index is 1.85. The van der Waals surface area contributed by atoms with Crippen LogP contribution in [-0.2, 0) is 6.54 Å². The molecule has 0 radical (unpaired) electrons. The van der Waals surface area contributed by atoms with Gasteiger partial charge in [0, 0.05) is 12.6 Å². The van der Waals surface area contributed by atoms with Crippen LogP contribution in [0.4, 0.5) is 0 Å². The topological polar surface area (TPSA) is 56.5 Å². The van der Waals surface area contributed by atoms with Crippen molar-refractivity contribution in [3.63, 3.8) is 0 Å². The summed E-state index contributed by atoms with van der Waals surface area (Å²) in [5, 5.41) is 3.36. The Morgan fingerprint density at radius 1 is 1.29 bits per heavy atom. The second-order valence-corrected chi connectivity index (χ2v) is 4.42. The lowest BCUT2D eigenvalue weighted by molar-refractivity contribution is 0.171. The lowest BCUT2D eigenvalue weighted by Gasteiger charge is -2.19. The maximum Gasteiger partial charge on any atom is 0.161 e. The van der Waals surface area contributed by atoms with E-state index < -0.39 is 0 Å². The van der Waals surface area contributed by atoms with E-state index in [4.69, 9.17) is 15.2 Å². The average Bonchev–Trinajstić information content (AvgIpc) is 2.34. The molecule has 4 nitrogen and oxygen atoms in total. The lowest BCUT2D eigenvalue weighted by Crippen LogP contribution is -2.23. The maximum absolute atomic E-state index is 5.69. The van der Waals surface area contributed by atoms with Gasteiger partial charge in [0.2, 0.25) is 0 Å². The highest BCUT2D eigenvalue weighted by atomic mass is 16.6. The van der Waals surface area contributed by atoms with Gasteiger partial charge < -0.3 is 20.5 Å². The summed E-state index contributed by atoms with van der Waals surface area (Å²) in [6.45, 7) is 5.06. The van der Waals surface area contributed by atoms with Crippen LogP contribution in [0.5, 0.6) is 11.5 Å². The van der Waals surface area contributed by atoms with Crippen LogP contribution < -0.4 is 20.5 Å². The van der Waals surface area contributed by atoms with Crippen LogP contribution in [0, 0.1) is 0 Å². The van der Waals surface area contributed by atoms with E-state index in [9.17, 15) is 0 Å². The molecule has 0 saturated carbocycles. The van der Waals surface area contributed by atoms with E-state index in [0.29, 0.717) is 13.2 Å². The molecular formula is C13H20N2O2. The molecule has 17 heavy (non-hydrogen) atoms. The highest BCUT2D eigenvalue weighted by Crippen LogP contribution is 2.30. The van der Waals surface area contributed by atoms with Crippen LogP contribution in [0.1, 0.15) is 18.9 Å². The summed E-state index contributed by atoms with van der Waals surface area (Å²) in [6, 6.07) is 6.32. The van der Waals surface area contributed by atoms with E-state index in [1.165, 1.54) is 5.56 Å². The first kappa shape index (κ1) is 12.2. The number of hydrogen-bond acceptors (Lipinski definition) is 4. The molecule has 3 N–H and O–H groups in total. The second-order valence-electron chi connectivity index (χ2n) is 4.42. The Labute approximate surface area is 102 Å². The van der Waals surface area contributed by atoms with Crippen LogP contribution >= 0.6 is 0 Å². The van der Waals surface area contributed by atoms with Crippen molar-refractivity contribution in [3.05, 3.63) is 23.8 Å². The van der Waals surface area contributed by atoms with Gasteiger partial charge in [-0.3, -0.25) is 0 Å². The monoisotopic (exact) mass is 236 g/mol. The molecule has 0 aromatic heterocycles. The Bertz CT molecular complexity index is 366. The summed E-state index contributed by atoms with van der Waals surface area (Å²) in [4.78, 5) is 0. The number of nitrogens with one attached hydrogen (secondary N) is 1. The van der Waals surface area contributed by atoms with E-state index in [-0.39, 0.29) is 6.04 Å². The molecule has 94 valence electrons.